The molecule has 26 heavy (non-hydrogen) atoms. The molecule has 0 aliphatic rings. The third-order valence-electron chi connectivity index (χ3n) is 3.24. The summed E-state index contributed by atoms with van der Waals surface area (Å²) in [7, 11) is 0. The maximum Gasteiger partial charge on any atom is 0.308 e. The van der Waals surface area contributed by atoms with Crippen LogP contribution in [0.2, 0.25) is 0 Å². The molecule has 0 unspecified atom stereocenters. The summed E-state index contributed by atoms with van der Waals surface area (Å²) in [6.07, 6.45) is 0.280. The van der Waals surface area contributed by atoms with Crippen LogP contribution in [0.15, 0.2) is 41.8 Å². The number of benzene rings is 1. The fourth-order valence-electron chi connectivity index (χ4n) is 1.99. The van der Waals surface area contributed by atoms with E-state index < -0.39 is 18.5 Å². The summed E-state index contributed by atoms with van der Waals surface area (Å²) in [5.41, 5.74) is 1.40. The van der Waals surface area contributed by atoms with Crippen LogP contribution >= 0.6 is 11.3 Å². The summed E-state index contributed by atoms with van der Waals surface area (Å²) in [5.74, 6) is -1.28. The van der Waals surface area contributed by atoms with Gasteiger partial charge in [0.1, 0.15) is 0 Å². The second kappa shape index (κ2) is 9.96. The summed E-state index contributed by atoms with van der Waals surface area (Å²) in [5, 5.41) is 15.6. The third-order valence-corrected chi connectivity index (χ3v) is 4.11. The van der Waals surface area contributed by atoms with Gasteiger partial charge in [-0.15, -0.1) is 11.3 Å². The van der Waals surface area contributed by atoms with E-state index in [1.807, 2.05) is 6.07 Å². The minimum atomic E-state index is -0.573. The molecule has 0 saturated carbocycles. The Morgan fingerprint density at radius 3 is 2.58 bits per heavy atom. The molecule has 0 aliphatic heterocycles. The maximum absolute atomic E-state index is 11.8. The summed E-state index contributed by atoms with van der Waals surface area (Å²) >= 11 is 1.31. The van der Waals surface area contributed by atoms with Crippen LogP contribution in [0.3, 0.4) is 0 Å². The Morgan fingerprint density at radius 2 is 1.92 bits per heavy atom. The van der Waals surface area contributed by atoms with Crippen molar-refractivity contribution in [2.24, 2.45) is 0 Å². The van der Waals surface area contributed by atoms with Crippen molar-refractivity contribution in [1.29, 1.82) is 5.26 Å². The second-order valence-corrected chi connectivity index (χ2v) is 6.17. The molecule has 0 bridgehead atoms. The van der Waals surface area contributed by atoms with Crippen LogP contribution in [0.1, 0.15) is 21.7 Å². The van der Waals surface area contributed by atoms with E-state index >= 15 is 0 Å². The molecule has 0 atom stereocenters. The summed E-state index contributed by atoms with van der Waals surface area (Å²) < 4.78 is 4.87. The fourth-order valence-corrected chi connectivity index (χ4v) is 2.63. The van der Waals surface area contributed by atoms with E-state index in [9.17, 15) is 14.4 Å². The zero-order chi connectivity index (χ0) is 18.8. The number of nitrogens with zero attached hydrogens (tertiary/aromatic N) is 1. The van der Waals surface area contributed by atoms with Crippen molar-refractivity contribution in [2.45, 2.75) is 12.8 Å². The first-order valence-corrected chi connectivity index (χ1v) is 8.69. The van der Waals surface area contributed by atoms with Gasteiger partial charge in [-0.25, -0.2) is 0 Å². The molecule has 0 fully saturated rings. The molecule has 1 aromatic carbocycles. The predicted octanol–water partition coefficient (Wildman–Crippen LogP) is 2.12. The lowest BCUT2D eigenvalue weighted by molar-refractivity contribution is -0.147. The number of rotatable bonds is 8. The zero-order valence-electron chi connectivity index (χ0n) is 13.9. The van der Waals surface area contributed by atoms with Gasteiger partial charge in [-0.3, -0.25) is 14.4 Å². The molecule has 2 aromatic rings. The van der Waals surface area contributed by atoms with Crippen molar-refractivity contribution in [3.63, 3.8) is 0 Å². The van der Waals surface area contributed by atoms with Crippen molar-refractivity contribution in [3.8, 4) is 6.07 Å². The van der Waals surface area contributed by atoms with Gasteiger partial charge in [0.2, 0.25) is 0 Å². The van der Waals surface area contributed by atoms with Gasteiger partial charge in [0.05, 0.1) is 23.8 Å². The average molecular weight is 371 g/mol. The van der Waals surface area contributed by atoms with Crippen LogP contribution in [-0.2, 0) is 20.7 Å². The van der Waals surface area contributed by atoms with Crippen LogP contribution < -0.4 is 10.6 Å². The smallest absolute Gasteiger partial charge is 0.308 e. The standard InChI is InChI=1S/C18H17N3O4S/c19-9-7-13-3-5-14(6-4-13)21-16(22)12-25-17(23)8-10-20-18(24)15-2-1-11-26-15/h1-6,11H,7-8,10,12H2,(H,20,24)(H,21,22). The minimum absolute atomic E-state index is 0.0206. The largest absolute Gasteiger partial charge is 0.456 e. The van der Waals surface area contributed by atoms with Gasteiger partial charge in [-0.1, -0.05) is 18.2 Å². The number of carbonyl (C=O) groups is 3. The van der Waals surface area contributed by atoms with Gasteiger partial charge in [0.15, 0.2) is 6.61 Å². The van der Waals surface area contributed by atoms with Crippen LogP contribution in [0.5, 0.6) is 0 Å². The van der Waals surface area contributed by atoms with E-state index in [0.717, 1.165) is 5.56 Å². The molecule has 1 heterocycles. The van der Waals surface area contributed by atoms with Crippen LogP contribution in [0, 0.1) is 11.3 Å². The first-order chi connectivity index (χ1) is 12.6. The molecule has 2 rings (SSSR count). The van der Waals surface area contributed by atoms with E-state index in [4.69, 9.17) is 10.00 Å². The molecule has 8 heteroatoms. The number of carbonyl (C=O) groups excluding carboxylic acids is 3. The fraction of sp³-hybridized carbons (Fsp3) is 0.222. The molecule has 7 nitrogen and oxygen atoms in total. The highest BCUT2D eigenvalue weighted by atomic mass is 32.1. The van der Waals surface area contributed by atoms with Crippen LogP contribution in [-0.4, -0.2) is 30.9 Å². The number of ether oxygens (including phenoxy) is 1. The monoisotopic (exact) mass is 371 g/mol. The minimum Gasteiger partial charge on any atom is -0.456 e. The predicted molar refractivity (Wildman–Crippen MR) is 96.6 cm³/mol. The Kier molecular flexibility index (Phi) is 7.33. The number of amides is 2. The molecular formula is C18H17N3O4S. The van der Waals surface area contributed by atoms with Crippen molar-refractivity contribution in [3.05, 3.63) is 52.2 Å². The highest BCUT2D eigenvalue weighted by molar-refractivity contribution is 7.12. The molecule has 0 spiro atoms. The zero-order valence-corrected chi connectivity index (χ0v) is 14.7. The third kappa shape index (κ3) is 6.37. The van der Waals surface area contributed by atoms with E-state index in [2.05, 4.69) is 10.6 Å². The lowest BCUT2D eigenvalue weighted by Crippen LogP contribution is -2.27. The molecular weight excluding hydrogens is 354 g/mol. The number of hydrogen-bond acceptors (Lipinski definition) is 6. The Hall–Kier alpha value is -3.18. The van der Waals surface area contributed by atoms with Crippen molar-refractivity contribution in [2.75, 3.05) is 18.5 Å². The average Bonchev–Trinajstić information content (AvgIpc) is 3.17. The Balaban J connectivity index is 1.64. The number of esters is 1. The molecule has 0 saturated heterocycles. The SMILES string of the molecule is N#CCc1ccc(NC(=O)COC(=O)CCNC(=O)c2cccs2)cc1. The van der Waals surface area contributed by atoms with Gasteiger partial charge in [-0.05, 0) is 29.1 Å². The van der Waals surface area contributed by atoms with Crippen molar-refractivity contribution in [1.82, 2.24) is 5.32 Å². The Labute approximate surface area is 154 Å². The molecule has 1 aromatic heterocycles. The quantitative estimate of drug-likeness (QED) is 0.691. The van der Waals surface area contributed by atoms with Crippen molar-refractivity contribution < 1.29 is 19.1 Å². The summed E-state index contributed by atoms with van der Waals surface area (Å²) in [4.78, 5) is 35.6. The van der Waals surface area contributed by atoms with Gasteiger partial charge in [0.25, 0.3) is 11.8 Å². The topological polar surface area (TPSA) is 108 Å². The van der Waals surface area contributed by atoms with Gasteiger partial charge >= 0.3 is 5.97 Å². The van der Waals surface area contributed by atoms with E-state index in [-0.39, 0.29) is 18.9 Å². The molecule has 0 radical (unpaired) electrons. The summed E-state index contributed by atoms with van der Waals surface area (Å²) in [6, 6.07) is 12.3. The Bertz CT molecular complexity index is 795. The first-order valence-electron chi connectivity index (χ1n) is 7.81. The van der Waals surface area contributed by atoms with Gasteiger partial charge in [0, 0.05) is 12.2 Å². The summed E-state index contributed by atoms with van der Waals surface area (Å²) in [6.45, 7) is -0.269. The Morgan fingerprint density at radius 1 is 1.15 bits per heavy atom. The molecule has 0 aliphatic carbocycles. The maximum atomic E-state index is 11.8. The van der Waals surface area contributed by atoms with Crippen molar-refractivity contribution >= 4 is 34.8 Å². The van der Waals surface area contributed by atoms with Gasteiger partial charge < -0.3 is 15.4 Å². The molecule has 134 valence electrons. The van der Waals surface area contributed by atoms with Crippen LogP contribution in [0.25, 0.3) is 0 Å². The number of thiophene rings is 1. The lowest BCUT2D eigenvalue weighted by atomic mass is 10.1. The van der Waals surface area contributed by atoms with E-state index in [0.29, 0.717) is 17.0 Å². The molecule has 2 N–H and O–H groups in total. The highest BCUT2D eigenvalue weighted by Gasteiger charge is 2.10. The number of nitriles is 1. The molecule has 2 amide bonds. The van der Waals surface area contributed by atoms with Crippen LogP contribution in [0.4, 0.5) is 5.69 Å². The van der Waals surface area contributed by atoms with E-state index in [1.165, 1.54) is 11.3 Å². The normalized spacial score (nSPS) is 9.81. The van der Waals surface area contributed by atoms with Gasteiger partial charge in [-0.2, -0.15) is 5.26 Å². The van der Waals surface area contributed by atoms with E-state index in [1.54, 1.807) is 41.8 Å². The number of anilines is 1. The first kappa shape index (κ1) is 19.1. The number of hydrogen-bond donors (Lipinski definition) is 2. The number of nitrogens with one attached hydrogen (secondary N) is 2. The lowest BCUT2D eigenvalue weighted by Gasteiger charge is -2.07. The highest BCUT2D eigenvalue weighted by Crippen LogP contribution is 2.10. The second-order valence-electron chi connectivity index (χ2n) is 5.22.